The summed E-state index contributed by atoms with van der Waals surface area (Å²) < 4.78 is 0. The summed E-state index contributed by atoms with van der Waals surface area (Å²) in [5.74, 6) is -0.561. The van der Waals surface area contributed by atoms with Crippen LogP contribution in [0.2, 0.25) is 5.02 Å². The van der Waals surface area contributed by atoms with Crippen LogP contribution < -0.4 is 10.6 Å². The zero-order chi connectivity index (χ0) is 16.8. The number of nitrogens with one attached hydrogen (secondary N) is 2. The fraction of sp³-hybridized carbons (Fsp3) is 0.438. The average molecular weight is 338 g/mol. The first-order chi connectivity index (χ1) is 11.0. The maximum atomic E-state index is 12.2. The lowest BCUT2D eigenvalue weighted by Crippen LogP contribution is -2.48. The Morgan fingerprint density at radius 1 is 1.39 bits per heavy atom. The minimum Gasteiger partial charge on any atom is -0.382 e. The Morgan fingerprint density at radius 3 is 2.74 bits per heavy atom. The summed E-state index contributed by atoms with van der Waals surface area (Å²) in [5, 5.41) is 9.96. The van der Waals surface area contributed by atoms with E-state index < -0.39 is 12.1 Å². The minimum atomic E-state index is -0.720. The first kappa shape index (κ1) is 17.3. The number of rotatable bonds is 6. The average Bonchev–Trinajstić information content (AvgIpc) is 3.03. The van der Waals surface area contributed by atoms with E-state index >= 15 is 0 Å². The first-order valence-corrected chi connectivity index (χ1v) is 7.95. The number of hydrogen-bond acceptors (Lipinski definition) is 4. The van der Waals surface area contributed by atoms with Crippen LogP contribution in [0.1, 0.15) is 32.3 Å². The predicted molar refractivity (Wildman–Crippen MR) is 88.4 cm³/mol. The van der Waals surface area contributed by atoms with Gasteiger partial charge in [0.2, 0.25) is 12.0 Å². The van der Waals surface area contributed by atoms with E-state index in [-0.39, 0.29) is 11.8 Å². The molecule has 1 aliphatic heterocycles. The van der Waals surface area contributed by atoms with Crippen molar-refractivity contribution < 1.29 is 14.4 Å². The molecule has 7 heteroatoms. The number of halogens is 1. The van der Waals surface area contributed by atoms with Crippen molar-refractivity contribution in [1.29, 1.82) is 0 Å². The van der Waals surface area contributed by atoms with Gasteiger partial charge in [-0.05, 0) is 31.0 Å². The molecule has 1 aromatic carbocycles. The van der Waals surface area contributed by atoms with Crippen LogP contribution in [-0.2, 0) is 14.4 Å². The lowest BCUT2D eigenvalue weighted by molar-refractivity contribution is -0.135. The Hall–Kier alpha value is -2.08. The number of nitrogens with zero attached hydrogens (tertiary/aromatic N) is 1. The molecule has 1 aliphatic rings. The van der Waals surface area contributed by atoms with Gasteiger partial charge in [-0.2, -0.15) is 0 Å². The van der Waals surface area contributed by atoms with E-state index in [1.54, 1.807) is 19.1 Å². The molecular formula is C16H20ClN3O3. The first-order valence-electron chi connectivity index (χ1n) is 7.58. The van der Waals surface area contributed by atoms with E-state index in [1.807, 2.05) is 19.1 Å². The molecule has 2 atom stereocenters. The molecule has 6 nitrogen and oxygen atoms in total. The molecule has 0 bridgehead atoms. The molecule has 0 fully saturated rings. The highest BCUT2D eigenvalue weighted by Gasteiger charge is 2.30. The van der Waals surface area contributed by atoms with Crippen molar-refractivity contribution in [3.8, 4) is 0 Å². The van der Waals surface area contributed by atoms with Crippen molar-refractivity contribution in [1.82, 2.24) is 10.6 Å². The summed E-state index contributed by atoms with van der Waals surface area (Å²) >= 11 is 5.85. The van der Waals surface area contributed by atoms with Gasteiger partial charge < -0.3 is 15.5 Å². The summed E-state index contributed by atoms with van der Waals surface area (Å²) in [6.45, 7) is 4.19. The maximum absolute atomic E-state index is 12.2. The zero-order valence-corrected chi connectivity index (χ0v) is 13.9. The Morgan fingerprint density at radius 2 is 2.09 bits per heavy atom. The molecular weight excluding hydrogens is 318 g/mol. The molecule has 2 N–H and O–H groups in total. The normalized spacial score (nSPS) is 17.9. The van der Waals surface area contributed by atoms with E-state index in [0.717, 1.165) is 12.0 Å². The third-order valence-electron chi connectivity index (χ3n) is 3.44. The molecule has 0 spiro atoms. The maximum Gasteiger partial charge on any atom is 0.264 e. The summed E-state index contributed by atoms with van der Waals surface area (Å²) in [6.07, 6.45) is 0.481. The predicted octanol–water partition coefficient (Wildman–Crippen LogP) is 1.86. The van der Waals surface area contributed by atoms with Gasteiger partial charge in [0.15, 0.2) is 0 Å². The molecule has 2 rings (SSSR count). The molecule has 2 amide bonds. The van der Waals surface area contributed by atoms with Crippen LogP contribution >= 0.6 is 11.6 Å². The Kier molecular flexibility index (Phi) is 5.98. The van der Waals surface area contributed by atoms with Crippen molar-refractivity contribution in [2.75, 3.05) is 6.54 Å². The number of hydrogen-bond donors (Lipinski definition) is 2. The van der Waals surface area contributed by atoms with E-state index in [4.69, 9.17) is 16.4 Å². The minimum absolute atomic E-state index is 0.211. The van der Waals surface area contributed by atoms with Crippen molar-refractivity contribution in [2.24, 2.45) is 5.16 Å². The van der Waals surface area contributed by atoms with Crippen LogP contribution in [0, 0.1) is 0 Å². The Balaban J connectivity index is 1.86. The fourth-order valence-electron chi connectivity index (χ4n) is 2.10. The SMILES string of the molecule is CCCNC(=O)C(C)NC(=O)C1CC(c2ccc(Cl)cc2)=NO1. The molecule has 0 aromatic heterocycles. The number of amides is 2. The molecule has 0 aliphatic carbocycles. The second-order valence-corrected chi connectivity index (χ2v) is 5.80. The molecule has 0 saturated carbocycles. The van der Waals surface area contributed by atoms with Crippen LogP contribution in [0.15, 0.2) is 29.4 Å². The lowest BCUT2D eigenvalue weighted by Gasteiger charge is -2.15. The van der Waals surface area contributed by atoms with Crippen molar-refractivity contribution in [3.05, 3.63) is 34.9 Å². The summed E-state index contributed by atoms with van der Waals surface area (Å²) in [6, 6.07) is 6.55. The van der Waals surface area contributed by atoms with Crippen LogP contribution in [0.25, 0.3) is 0 Å². The van der Waals surface area contributed by atoms with Crippen LogP contribution in [-0.4, -0.2) is 36.2 Å². The molecule has 1 heterocycles. The number of benzene rings is 1. The number of carbonyl (C=O) groups excluding carboxylic acids is 2. The van der Waals surface area contributed by atoms with Crippen molar-refractivity contribution >= 4 is 29.1 Å². The largest absolute Gasteiger partial charge is 0.382 e. The molecule has 0 saturated heterocycles. The van der Waals surface area contributed by atoms with Gasteiger partial charge >= 0.3 is 0 Å². The smallest absolute Gasteiger partial charge is 0.264 e. The van der Waals surface area contributed by atoms with Crippen molar-refractivity contribution in [3.63, 3.8) is 0 Å². The van der Waals surface area contributed by atoms with E-state index in [0.29, 0.717) is 23.7 Å². The Labute approximate surface area is 140 Å². The third kappa shape index (κ3) is 4.69. The quantitative estimate of drug-likeness (QED) is 0.831. The molecule has 1 aromatic rings. The zero-order valence-electron chi connectivity index (χ0n) is 13.1. The van der Waals surface area contributed by atoms with E-state index in [2.05, 4.69) is 15.8 Å². The molecule has 0 radical (unpaired) electrons. The topological polar surface area (TPSA) is 79.8 Å². The monoisotopic (exact) mass is 337 g/mol. The summed E-state index contributed by atoms with van der Waals surface area (Å²) in [4.78, 5) is 29.1. The van der Waals surface area contributed by atoms with Gasteiger partial charge in [-0.25, -0.2) is 0 Å². The van der Waals surface area contributed by atoms with Gasteiger partial charge in [0, 0.05) is 18.0 Å². The lowest BCUT2D eigenvalue weighted by atomic mass is 10.0. The van der Waals surface area contributed by atoms with Crippen molar-refractivity contribution in [2.45, 2.75) is 38.8 Å². The van der Waals surface area contributed by atoms with Gasteiger partial charge in [-0.15, -0.1) is 0 Å². The van der Waals surface area contributed by atoms with Gasteiger partial charge in [0.05, 0.1) is 5.71 Å². The van der Waals surface area contributed by atoms with Gasteiger partial charge in [-0.1, -0.05) is 35.8 Å². The molecule has 2 unspecified atom stereocenters. The highest BCUT2D eigenvalue weighted by molar-refractivity contribution is 6.30. The second-order valence-electron chi connectivity index (χ2n) is 5.36. The standard InChI is InChI=1S/C16H20ClN3O3/c1-3-8-18-15(21)10(2)19-16(22)14-9-13(20-23-14)11-4-6-12(17)7-5-11/h4-7,10,14H,3,8-9H2,1-2H3,(H,18,21)(H,19,22). The summed E-state index contributed by atoms with van der Waals surface area (Å²) in [5.41, 5.74) is 1.54. The fourth-order valence-corrected chi connectivity index (χ4v) is 2.23. The highest BCUT2D eigenvalue weighted by atomic mass is 35.5. The Bertz CT molecular complexity index is 601. The number of oxime groups is 1. The number of carbonyl (C=O) groups is 2. The highest BCUT2D eigenvalue weighted by Crippen LogP contribution is 2.18. The van der Waals surface area contributed by atoms with Gasteiger partial charge in [0.1, 0.15) is 6.04 Å². The van der Waals surface area contributed by atoms with Crippen LogP contribution in [0.3, 0.4) is 0 Å². The van der Waals surface area contributed by atoms with E-state index in [1.165, 1.54) is 0 Å². The third-order valence-corrected chi connectivity index (χ3v) is 3.69. The summed E-state index contributed by atoms with van der Waals surface area (Å²) in [7, 11) is 0. The molecule has 23 heavy (non-hydrogen) atoms. The van der Waals surface area contributed by atoms with Crippen LogP contribution in [0.5, 0.6) is 0 Å². The van der Waals surface area contributed by atoms with Gasteiger partial charge in [-0.3, -0.25) is 9.59 Å². The van der Waals surface area contributed by atoms with E-state index in [9.17, 15) is 9.59 Å². The molecule has 124 valence electrons. The second kappa shape index (κ2) is 7.97. The van der Waals surface area contributed by atoms with Crippen LogP contribution in [0.4, 0.5) is 0 Å². The van der Waals surface area contributed by atoms with Gasteiger partial charge in [0.25, 0.3) is 5.91 Å².